The molecule has 2 fully saturated rings. The van der Waals surface area contributed by atoms with Crippen LogP contribution in [0.5, 0.6) is 0 Å². The van der Waals surface area contributed by atoms with E-state index in [1.54, 1.807) is 28.9 Å². The zero-order chi connectivity index (χ0) is 23.0. The van der Waals surface area contributed by atoms with E-state index in [0.29, 0.717) is 18.7 Å². The number of nitrogens with zero attached hydrogens (tertiary/aromatic N) is 3. The van der Waals surface area contributed by atoms with Gasteiger partial charge in [-0.05, 0) is 36.8 Å². The first-order chi connectivity index (χ1) is 15.2. The van der Waals surface area contributed by atoms with Crippen LogP contribution < -0.4 is 4.90 Å². The van der Waals surface area contributed by atoms with Gasteiger partial charge in [-0.25, -0.2) is 13.2 Å². The molecule has 1 unspecified atom stereocenters. The SMILES string of the molecule is Cc1ccc(C(=O)N2CCN(C(=O)C3CC(=O)N(c4cc(F)cc(F)c4)C3)CC2)cc1F. The van der Waals surface area contributed by atoms with Crippen molar-refractivity contribution in [3.63, 3.8) is 0 Å². The Morgan fingerprint density at radius 3 is 2.16 bits per heavy atom. The van der Waals surface area contributed by atoms with E-state index in [9.17, 15) is 27.6 Å². The van der Waals surface area contributed by atoms with Gasteiger partial charge in [0.1, 0.15) is 17.5 Å². The van der Waals surface area contributed by atoms with E-state index in [2.05, 4.69) is 0 Å². The third kappa shape index (κ3) is 4.32. The van der Waals surface area contributed by atoms with Gasteiger partial charge >= 0.3 is 0 Å². The third-order valence-electron chi connectivity index (χ3n) is 5.93. The fourth-order valence-corrected chi connectivity index (χ4v) is 4.11. The van der Waals surface area contributed by atoms with Crippen molar-refractivity contribution in [1.82, 2.24) is 9.80 Å². The predicted octanol–water partition coefficient (Wildman–Crippen LogP) is 2.75. The van der Waals surface area contributed by atoms with Gasteiger partial charge in [0.2, 0.25) is 11.8 Å². The van der Waals surface area contributed by atoms with Crippen molar-refractivity contribution in [2.75, 3.05) is 37.6 Å². The molecule has 9 heteroatoms. The number of hydrogen-bond acceptors (Lipinski definition) is 3. The van der Waals surface area contributed by atoms with Gasteiger partial charge in [-0.2, -0.15) is 0 Å². The number of amides is 3. The second-order valence-corrected chi connectivity index (χ2v) is 8.11. The largest absolute Gasteiger partial charge is 0.339 e. The van der Waals surface area contributed by atoms with Crippen LogP contribution in [0.2, 0.25) is 0 Å². The Morgan fingerprint density at radius 2 is 1.53 bits per heavy atom. The van der Waals surface area contributed by atoms with Crippen LogP contribution in [0, 0.1) is 30.3 Å². The van der Waals surface area contributed by atoms with Crippen LogP contribution in [-0.2, 0) is 9.59 Å². The van der Waals surface area contributed by atoms with E-state index in [4.69, 9.17) is 0 Å². The highest BCUT2D eigenvalue weighted by Crippen LogP contribution is 2.28. The Kier molecular flexibility index (Phi) is 5.90. The summed E-state index contributed by atoms with van der Waals surface area (Å²) in [4.78, 5) is 42.3. The Bertz CT molecular complexity index is 1060. The van der Waals surface area contributed by atoms with Crippen molar-refractivity contribution in [2.45, 2.75) is 13.3 Å². The zero-order valence-corrected chi connectivity index (χ0v) is 17.5. The van der Waals surface area contributed by atoms with Gasteiger partial charge in [0.25, 0.3) is 5.91 Å². The summed E-state index contributed by atoms with van der Waals surface area (Å²) in [5, 5.41) is 0. The minimum Gasteiger partial charge on any atom is -0.339 e. The molecule has 4 rings (SSSR count). The van der Waals surface area contributed by atoms with E-state index >= 15 is 0 Å². The maximum atomic E-state index is 13.8. The molecule has 2 saturated heterocycles. The summed E-state index contributed by atoms with van der Waals surface area (Å²) >= 11 is 0. The van der Waals surface area contributed by atoms with E-state index in [-0.39, 0.29) is 55.0 Å². The average Bonchev–Trinajstić information content (AvgIpc) is 3.16. The number of anilines is 1. The maximum Gasteiger partial charge on any atom is 0.254 e. The van der Waals surface area contributed by atoms with Crippen LogP contribution in [-0.4, -0.2) is 60.2 Å². The molecular formula is C23H22F3N3O3. The van der Waals surface area contributed by atoms with Gasteiger partial charge in [0, 0.05) is 56.5 Å². The van der Waals surface area contributed by atoms with Gasteiger partial charge in [-0.1, -0.05) is 6.07 Å². The monoisotopic (exact) mass is 445 g/mol. The van der Waals surface area contributed by atoms with Crippen molar-refractivity contribution in [1.29, 1.82) is 0 Å². The quantitative estimate of drug-likeness (QED) is 0.730. The summed E-state index contributed by atoms with van der Waals surface area (Å²) < 4.78 is 40.8. The number of carbonyl (C=O) groups excluding carboxylic acids is 3. The maximum absolute atomic E-state index is 13.8. The van der Waals surface area contributed by atoms with Crippen molar-refractivity contribution in [3.05, 3.63) is 65.0 Å². The minimum absolute atomic E-state index is 0.0429. The minimum atomic E-state index is -0.795. The predicted molar refractivity (Wildman–Crippen MR) is 110 cm³/mol. The lowest BCUT2D eigenvalue weighted by molar-refractivity contribution is -0.137. The first kappa shape index (κ1) is 21.9. The molecule has 2 aliphatic heterocycles. The van der Waals surface area contributed by atoms with Crippen LogP contribution in [0.25, 0.3) is 0 Å². The van der Waals surface area contributed by atoms with Gasteiger partial charge in [-0.15, -0.1) is 0 Å². The van der Waals surface area contributed by atoms with Crippen LogP contribution in [0.1, 0.15) is 22.3 Å². The highest BCUT2D eigenvalue weighted by molar-refractivity contribution is 6.00. The average molecular weight is 445 g/mol. The zero-order valence-electron chi connectivity index (χ0n) is 17.5. The van der Waals surface area contributed by atoms with E-state index in [1.807, 2.05) is 0 Å². The molecule has 168 valence electrons. The number of hydrogen-bond donors (Lipinski definition) is 0. The van der Waals surface area contributed by atoms with E-state index in [1.165, 1.54) is 11.0 Å². The molecule has 2 aromatic rings. The number of piperazine rings is 1. The van der Waals surface area contributed by atoms with Crippen molar-refractivity contribution < 1.29 is 27.6 Å². The molecular weight excluding hydrogens is 423 g/mol. The second-order valence-electron chi connectivity index (χ2n) is 8.11. The number of carbonyl (C=O) groups is 3. The summed E-state index contributed by atoms with van der Waals surface area (Å²) in [5.74, 6) is -3.56. The van der Waals surface area contributed by atoms with Gasteiger partial charge in [0.15, 0.2) is 0 Å². The van der Waals surface area contributed by atoms with Crippen LogP contribution in [0.15, 0.2) is 36.4 Å². The number of benzene rings is 2. The summed E-state index contributed by atoms with van der Waals surface area (Å²) in [5.41, 5.74) is 0.800. The summed E-state index contributed by atoms with van der Waals surface area (Å²) in [7, 11) is 0. The van der Waals surface area contributed by atoms with Crippen molar-refractivity contribution in [2.24, 2.45) is 5.92 Å². The van der Waals surface area contributed by atoms with Gasteiger partial charge < -0.3 is 14.7 Å². The Morgan fingerprint density at radius 1 is 0.906 bits per heavy atom. The summed E-state index contributed by atoms with van der Waals surface area (Å²) in [6.45, 7) is 2.82. The molecule has 2 aliphatic rings. The van der Waals surface area contributed by atoms with E-state index in [0.717, 1.165) is 18.2 Å². The molecule has 0 aliphatic carbocycles. The molecule has 2 aromatic carbocycles. The Labute approximate surface area is 183 Å². The summed E-state index contributed by atoms with van der Waals surface area (Å²) in [6, 6.07) is 7.18. The topological polar surface area (TPSA) is 60.9 Å². The third-order valence-corrected chi connectivity index (χ3v) is 5.93. The first-order valence-corrected chi connectivity index (χ1v) is 10.3. The molecule has 0 spiro atoms. The molecule has 6 nitrogen and oxygen atoms in total. The fourth-order valence-electron chi connectivity index (χ4n) is 4.11. The first-order valence-electron chi connectivity index (χ1n) is 10.3. The van der Waals surface area contributed by atoms with Crippen LogP contribution >= 0.6 is 0 Å². The normalized spacial score (nSPS) is 18.9. The molecule has 0 N–H and O–H groups in total. The van der Waals surface area contributed by atoms with Crippen LogP contribution in [0.3, 0.4) is 0 Å². The lowest BCUT2D eigenvalue weighted by Crippen LogP contribution is -2.52. The molecule has 1 atom stereocenters. The summed E-state index contributed by atoms with van der Waals surface area (Å²) in [6.07, 6.45) is -0.0429. The van der Waals surface area contributed by atoms with Crippen molar-refractivity contribution in [3.8, 4) is 0 Å². The highest BCUT2D eigenvalue weighted by atomic mass is 19.1. The number of aryl methyl sites for hydroxylation is 1. The van der Waals surface area contributed by atoms with Crippen LogP contribution in [0.4, 0.5) is 18.9 Å². The molecule has 32 heavy (non-hydrogen) atoms. The van der Waals surface area contributed by atoms with Gasteiger partial charge in [-0.3, -0.25) is 14.4 Å². The number of halogens is 3. The molecule has 0 bridgehead atoms. The fraction of sp³-hybridized carbons (Fsp3) is 0.348. The molecule has 0 radical (unpaired) electrons. The Balaban J connectivity index is 1.36. The van der Waals surface area contributed by atoms with E-state index < -0.39 is 23.4 Å². The molecule has 0 aromatic heterocycles. The smallest absolute Gasteiger partial charge is 0.254 e. The molecule has 3 amide bonds. The lowest BCUT2D eigenvalue weighted by atomic mass is 10.1. The van der Waals surface area contributed by atoms with Crippen molar-refractivity contribution >= 4 is 23.4 Å². The second kappa shape index (κ2) is 8.64. The standard InChI is InChI=1S/C23H22F3N3O3/c1-14-2-3-15(8-20(14)26)22(31)27-4-6-28(7-5-27)23(32)16-9-21(30)29(13-16)19-11-17(24)10-18(25)12-19/h2-3,8,10-12,16H,4-7,9,13H2,1H3. The van der Waals surface area contributed by atoms with Gasteiger partial charge in [0.05, 0.1) is 5.92 Å². The Hall–Kier alpha value is -3.36. The molecule has 0 saturated carbocycles. The molecule has 2 heterocycles. The number of rotatable bonds is 3. The lowest BCUT2D eigenvalue weighted by Gasteiger charge is -2.36. The highest BCUT2D eigenvalue weighted by Gasteiger charge is 2.38.